The number of pyridine rings is 1. The average Bonchev–Trinajstić information content (AvgIpc) is 2.33. The third kappa shape index (κ3) is 5.42. The molecule has 5 heteroatoms. The van der Waals surface area contributed by atoms with Crippen LogP contribution in [0, 0.1) is 6.92 Å². The first-order valence-electron chi connectivity index (χ1n) is 5.64. The van der Waals surface area contributed by atoms with Crippen LogP contribution in [0.4, 0.5) is 0 Å². The van der Waals surface area contributed by atoms with Crippen LogP contribution < -0.4 is 10.6 Å². The van der Waals surface area contributed by atoms with Crippen LogP contribution >= 0.6 is 0 Å². The zero-order chi connectivity index (χ0) is 12.5. The monoisotopic (exact) mass is 237 g/mol. The summed E-state index contributed by atoms with van der Waals surface area (Å²) in [6.07, 6.45) is 1.64. The molecule has 0 bridgehead atoms. The van der Waals surface area contributed by atoms with E-state index < -0.39 is 0 Å². The van der Waals surface area contributed by atoms with Crippen LogP contribution in [0.1, 0.15) is 16.1 Å². The molecule has 0 radical (unpaired) electrons. The number of carbonyl (C=O) groups excluding carboxylic acids is 1. The molecule has 0 fully saturated rings. The Balaban J connectivity index is 2.21. The number of nitrogens with one attached hydrogen (secondary N) is 2. The van der Waals surface area contributed by atoms with E-state index in [0.717, 1.165) is 18.8 Å². The van der Waals surface area contributed by atoms with Crippen molar-refractivity contribution in [1.29, 1.82) is 0 Å². The van der Waals surface area contributed by atoms with Crippen LogP contribution in [0.5, 0.6) is 0 Å². The molecule has 0 aliphatic carbocycles. The number of hydrogen-bond donors (Lipinski definition) is 2. The van der Waals surface area contributed by atoms with Crippen LogP contribution in [0.3, 0.4) is 0 Å². The highest BCUT2D eigenvalue weighted by molar-refractivity contribution is 5.94. The Morgan fingerprint density at radius 3 is 2.94 bits per heavy atom. The number of ether oxygens (including phenoxy) is 1. The van der Waals surface area contributed by atoms with Crippen molar-refractivity contribution >= 4 is 5.91 Å². The first kappa shape index (κ1) is 13.6. The lowest BCUT2D eigenvalue weighted by atomic mass is 10.2. The first-order chi connectivity index (χ1) is 8.24. The fourth-order valence-corrected chi connectivity index (χ4v) is 1.35. The van der Waals surface area contributed by atoms with Crippen LogP contribution in [0.15, 0.2) is 18.3 Å². The Labute approximate surface area is 102 Å². The van der Waals surface area contributed by atoms with Gasteiger partial charge < -0.3 is 15.4 Å². The van der Waals surface area contributed by atoms with E-state index in [9.17, 15) is 4.79 Å². The molecule has 2 N–H and O–H groups in total. The predicted octanol–water partition coefficient (Wildman–Crippen LogP) is 0.356. The Bertz CT molecular complexity index is 355. The second kappa shape index (κ2) is 7.76. The third-order valence-corrected chi connectivity index (χ3v) is 2.23. The lowest BCUT2D eigenvalue weighted by molar-refractivity contribution is 0.0953. The molecule has 5 nitrogen and oxygen atoms in total. The smallest absolute Gasteiger partial charge is 0.251 e. The van der Waals surface area contributed by atoms with Gasteiger partial charge in [-0.05, 0) is 19.1 Å². The second-order valence-electron chi connectivity index (χ2n) is 3.68. The van der Waals surface area contributed by atoms with Crippen LogP contribution in [-0.2, 0) is 4.74 Å². The average molecular weight is 237 g/mol. The number of aromatic nitrogens is 1. The molecule has 1 aromatic rings. The van der Waals surface area contributed by atoms with Crippen LogP contribution in [0.25, 0.3) is 0 Å². The molecule has 0 saturated carbocycles. The number of hydrogen-bond acceptors (Lipinski definition) is 4. The van der Waals surface area contributed by atoms with Gasteiger partial charge in [-0.3, -0.25) is 9.78 Å². The minimum absolute atomic E-state index is 0.0657. The lowest BCUT2D eigenvalue weighted by Gasteiger charge is -2.06. The zero-order valence-corrected chi connectivity index (χ0v) is 10.3. The number of carbonyl (C=O) groups is 1. The lowest BCUT2D eigenvalue weighted by Crippen LogP contribution is -2.33. The molecule has 1 heterocycles. The quantitative estimate of drug-likeness (QED) is 0.672. The van der Waals surface area contributed by atoms with E-state index in [1.54, 1.807) is 25.4 Å². The molecule has 0 spiro atoms. The number of methoxy groups -OCH3 is 1. The molecule has 0 unspecified atom stereocenters. The van der Waals surface area contributed by atoms with E-state index in [1.165, 1.54) is 0 Å². The summed E-state index contributed by atoms with van der Waals surface area (Å²) < 4.78 is 4.90. The van der Waals surface area contributed by atoms with Crippen molar-refractivity contribution in [3.63, 3.8) is 0 Å². The molecule has 0 saturated heterocycles. The number of nitrogens with zero attached hydrogens (tertiary/aromatic N) is 1. The molecule has 17 heavy (non-hydrogen) atoms. The van der Waals surface area contributed by atoms with Gasteiger partial charge >= 0.3 is 0 Å². The minimum atomic E-state index is -0.0657. The van der Waals surface area contributed by atoms with Crippen molar-refractivity contribution in [1.82, 2.24) is 15.6 Å². The van der Waals surface area contributed by atoms with E-state index in [-0.39, 0.29) is 5.91 Å². The van der Waals surface area contributed by atoms with Gasteiger partial charge in [0.05, 0.1) is 6.61 Å². The maximum absolute atomic E-state index is 11.7. The summed E-state index contributed by atoms with van der Waals surface area (Å²) in [5.74, 6) is -0.0657. The van der Waals surface area contributed by atoms with Crippen molar-refractivity contribution in [2.24, 2.45) is 0 Å². The first-order valence-corrected chi connectivity index (χ1v) is 5.64. The van der Waals surface area contributed by atoms with Gasteiger partial charge in [-0.15, -0.1) is 0 Å². The predicted molar refractivity (Wildman–Crippen MR) is 66.1 cm³/mol. The summed E-state index contributed by atoms with van der Waals surface area (Å²) >= 11 is 0. The summed E-state index contributed by atoms with van der Waals surface area (Å²) in [5, 5.41) is 5.99. The largest absolute Gasteiger partial charge is 0.383 e. The Hall–Kier alpha value is -1.46. The standard InChI is InChI=1S/C12H19N3O2/c1-10-9-11(3-4-14-10)12(16)15-6-5-13-7-8-17-2/h3-4,9,13H,5-8H2,1-2H3,(H,15,16). The highest BCUT2D eigenvalue weighted by atomic mass is 16.5. The van der Waals surface area contributed by atoms with E-state index in [1.807, 2.05) is 6.92 Å². The SMILES string of the molecule is COCCNCCNC(=O)c1ccnc(C)c1. The highest BCUT2D eigenvalue weighted by Crippen LogP contribution is 1.99. The highest BCUT2D eigenvalue weighted by Gasteiger charge is 2.04. The van der Waals surface area contributed by atoms with E-state index >= 15 is 0 Å². The molecule has 0 aromatic carbocycles. The van der Waals surface area contributed by atoms with Gasteiger partial charge in [0.15, 0.2) is 0 Å². The molecule has 1 amide bonds. The molecule has 1 rings (SSSR count). The molecule has 94 valence electrons. The zero-order valence-electron chi connectivity index (χ0n) is 10.3. The van der Waals surface area contributed by atoms with Gasteiger partial charge in [0.1, 0.15) is 0 Å². The summed E-state index contributed by atoms with van der Waals surface area (Å²) in [4.78, 5) is 15.7. The number of aryl methyl sites for hydroxylation is 1. The number of amides is 1. The molecular weight excluding hydrogens is 218 g/mol. The topological polar surface area (TPSA) is 63.2 Å². The number of rotatable bonds is 7. The van der Waals surface area contributed by atoms with Gasteiger partial charge in [-0.25, -0.2) is 0 Å². The van der Waals surface area contributed by atoms with Crippen molar-refractivity contribution in [3.8, 4) is 0 Å². The van der Waals surface area contributed by atoms with Crippen LogP contribution in [-0.4, -0.2) is 44.2 Å². The van der Waals surface area contributed by atoms with Gasteiger partial charge in [-0.1, -0.05) is 0 Å². The van der Waals surface area contributed by atoms with Gasteiger partial charge in [0.2, 0.25) is 0 Å². The third-order valence-electron chi connectivity index (χ3n) is 2.23. The maximum atomic E-state index is 11.7. The molecular formula is C12H19N3O2. The fraction of sp³-hybridized carbons (Fsp3) is 0.500. The van der Waals surface area contributed by atoms with E-state index in [0.29, 0.717) is 18.7 Å². The Morgan fingerprint density at radius 2 is 2.24 bits per heavy atom. The summed E-state index contributed by atoms with van der Waals surface area (Å²) in [6, 6.07) is 3.48. The molecule has 0 atom stereocenters. The van der Waals surface area contributed by atoms with Gasteiger partial charge in [0.25, 0.3) is 5.91 Å². The molecule has 0 aliphatic rings. The molecule has 0 aliphatic heterocycles. The van der Waals surface area contributed by atoms with E-state index in [2.05, 4.69) is 15.6 Å². The molecule has 1 aromatic heterocycles. The van der Waals surface area contributed by atoms with Crippen molar-refractivity contribution in [2.75, 3.05) is 33.4 Å². The fourth-order valence-electron chi connectivity index (χ4n) is 1.35. The minimum Gasteiger partial charge on any atom is -0.383 e. The van der Waals surface area contributed by atoms with Crippen molar-refractivity contribution in [2.45, 2.75) is 6.92 Å². The summed E-state index contributed by atoms with van der Waals surface area (Å²) in [6.45, 7) is 4.67. The van der Waals surface area contributed by atoms with Crippen molar-refractivity contribution < 1.29 is 9.53 Å². The Morgan fingerprint density at radius 1 is 1.41 bits per heavy atom. The van der Waals surface area contributed by atoms with Crippen LogP contribution in [0.2, 0.25) is 0 Å². The second-order valence-corrected chi connectivity index (χ2v) is 3.68. The summed E-state index contributed by atoms with van der Waals surface area (Å²) in [5.41, 5.74) is 1.49. The normalized spacial score (nSPS) is 10.2. The van der Waals surface area contributed by atoms with Gasteiger partial charge in [0, 0.05) is 44.2 Å². The van der Waals surface area contributed by atoms with Crippen molar-refractivity contribution in [3.05, 3.63) is 29.6 Å². The van der Waals surface area contributed by atoms with Gasteiger partial charge in [-0.2, -0.15) is 0 Å². The maximum Gasteiger partial charge on any atom is 0.251 e. The van der Waals surface area contributed by atoms with E-state index in [4.69, 9.17) is 4.74 Å². The Kier molecular flexibility index (Phi) is 6.21. The summed E-state index contributed by atoms with van der Waals surface area (Å²) in [7, 11) is 1.66.